The van der Waals surface area contributed by atoms with Crippen molar-refractivity contribution >= 4 is 0 Å². The minimum Gasteiger partial charge on any atom is -0.376 e. The highest BCUT2D eigenvalue weighted by Crippen LogP contribution is 2.24. The summed E-state index contributed by atoms with van der Waals surface area (Å²) in [5.74, 6) is 0. The summed E-state index contributed by atoms with van der Waals surface area (Å²) in [6.45, 7) is 7.53. The van der Waals surface area contributed by atoms with E-state index in [-0.39, 0.29) is 12.2 Å². The van der Waals surface area contributed by atoms with Crippen LogP contribution >= 0.6 is 0 Å². The molecule has 1 aromatic carbocycles. The molecule has 1 unspecified atom stereocenters. The van der Waals surface area contributed by atoms with Crippen LogP contribution in [0.15, 0.2) is 24.3 Å². The van der Waals surface area contributed by atoms with Gasteiger partial charge in [-0.1, -0.05) is 31.2 Å². The van der Waals surface area contributed by atoms with Crippen LogP contribution in [0.3, 0.4) is 0 Å². The molecular formula is C14H21NO2. The van der Waals surface area contributed by atoms with E-state index in [9.17, 15) is 0 Å². The molecule has 0 aromatic heterocycles. The van der Waals surface area contributed by atoms with Crippen molar-refractivity contribution < 1.29 is 9.47 Å². The molecule has 0 amide bonds. The van der Waals surface area contributed by atoms with Crippen LogP contribution in [0.25, 0.3) is 0 Å². The Hall–Kier alpha value is -0.900. The van der Waals surface area contributed by atoms with E-state index in [1.165, 1.54) is 11.1 Å². The van der Waals surface area contributed by atoms with Crippen molar-refractivity contribution in [3.05, 3.63) is 35.4 Å². The second-order valence-electron chi connectivity index (χ2n) is 4.45. The zero-order valence-electron chi connectivity index (χ0n) is 10.6. The number of likely N-dealkylation sites (N-methyl/N-ethyl adjacent to an activating group) is 1. The van der Waals surface area contributed by atoms with Crippen LogP contribution in [0.1, 0.15) is 24.2 Å². The molecule has 0 saturated carbocycles. The molecule has 3 nitrogen and oxygen atoms in total. The molecule has 1 atom stereocenters. The Morgan fingerprint density at radius 1 is 1.41 bits per heavy atom. The van der Waals surface area contributed by atoms with Gasteiger partial charge in [-0.3, -0.25) is 0 Å². The third kappa shape index (κ3) is 3.28. The third-order valence-corrected chi connectivity index (χ3v) is 3.08. The molecule has 1 aliphatic heterocycles. The normalized spacial score (nSPS) is 17.8. The summed E-state index contributed by atoms with van der Waals surface area (Å²) in [5, 5.41) is 3.36. The molecule has 3 heteroatoms. The van der Waals surface area contributed by atoms with Crippen LogP contribution in [0.4, 0.5) is 0 Å². The fourth-order valence-corrected chi connectivity index (χ4v) is 1.98. The van der Waals surface area contributed by atoms with Gasteiger partial charge in [-0.15, -0.1) is 0 Å². The van der Waals surface area contributed by atoms with E-state index in [4.69, 9.17) is 9.47 Å². The van der Waals surface area contributed by atoms with Crippen LogP contribution < -0.4 is 5.32 Å². The summed E-state index contributed by atoms with van der Waals surface area (Å²) in [4.78, 5) is 0. The number of nitrogens with one attached hydrogen (secondary N) is 1. The van der Waals surface area contributed by atoms with E-state index in [0.29, 0.717) is 0 Å². The van der Waals surface area contributed by atoms with Crippen LogP contribution in [0, 0.1) is 6.92 Å². The van der Waals surface area contributed by atoms with Crippen molar-refractivity contribution in [1.82, 2.24) is 5.32 Å². The summed E-state index contributed by atoms with van der Waals surface area (Å²) in [6, 6.07) is 8.42. The Kier molecular flexibility index (Phi) is 4.54. The number of benzene rings is 1. The molecule has 17 heavy (non-hydrogen) atoms. The zero-order valence-corrected chi connectivity index (χ0v) is 10.6. The van der Waals surface area contributed by atoms with E-state index >= 15 is 0 Å². The highest BCUT2D eigenvalue weighted by atomic mass is 16.6. The van der Waals surface area contributed by atoms with Gasteiger partial charge in [0.1, 0.15) is 6.10 Å². The molecule has 1 aromatic rings. The molecule has 2 rings (SSSR count). The van der Waals surface area contributed by atoms with Gasteiger partial charge in [-0.2, -0.15) is 0 Å². The summed E-state index contributed by atoms with van der Waals surface area (Å²) < 4.78 is 11.2. The first-order valence-corrected chi connectivity index (χ1v) is 6.30. The smallest absolute Gasteiger partial charge is 0.105 e. The third-order valence-electron chi connectivity index (χ3n) is 3.08. The van der Waals surface area contributed by atoms with E-state index < -0.39 is 0 Å². The molecule has 1 N–H and O–H groups in total. The second kappa shape index (κ2) is 6.15. The number of hydrogen-bond acceptors (Lipinski definition) is 3. The van der Waals surface area contributed by atoms with Crippen molar-refractivity contribution in [2.45, 2.75) is 26.1 Å². The fraction of sp³-hybridized carbons (Fsp3) is 0.571. The van der Waals surface area contributed by atoms with E-state index in [1.807, 2.05) is 0 Å². The summed E-state index contributed by atoms with van der Waals surface area (Å²) in [7, 11) is 0. The molecular weight excluding hydrogens is 214 g/mol. The van der Waals surface area contributed by atoms with Gasteiger partial charge in [0.2, 0.25) is 0 Å². The summed E-state index contributed by atoms with van der Waals surface area (Å²) >= 11 is 0. The lowest BCUT2D eigenvalue weighted by molar-refractivity contribution is -0.155. The predicted molar refractivity (Wildman–Crippen MR) is 68.2 cm³/mol. The quantitative estimate of drug-likeness (QED) is 0.818. The van der Waals surface area contributed by atoms with Crippen molar-refractivity contribution in [2.24, 2.45) is 0 Å². The lowest BCUT2D eigenvalue weighted by Gasteiger charge is -2.31. The Bertz CT molecular complexity index is 350. The maximum absolute atomic E-state index is 6.07. The number of ether oxygens (including phenoxy) is 2. The van der Waals surface area contributed by atoms with Gasteiger partial charge < -0.3 is 14.8 Å². The first-order chi connectivity index (χ1) is 8.31. The van der Waals surface area contributed by atoms with Crippen LogP contribution in [-0.4, -0.2) is 32.4 Å². The average Bonchev–Trinajstić information content (AvgIpc) is 2.28. The van der Waals surface area contributed by atoms with Crippen molar-refractivity contribution in [1.29, 1.82) is 0 Å². The topological polar surface area (TPSA) is 30.5 Å². The Morgan fingerprint density at radius 2 is 2.18 bits per heavy atom. The predicted octanol–water partition coefficient (Wildman–Crippen LogP) is 2.06. The fourth-order valence-electron chi connectivity index (χ4n) is 1.98. The molecule has 1 heterocycles. The Morgan fingerprint density at radius 3 is 2.76 bits per heavy atom. The highest BCUT2D eigenvalue weighted by molar-refractivity contribution is 5.28. The maximum Gasteiger partial charge on any atom is 0.105 e. The number of hydrogen-bond donors (Lipinski definition) is 1. The number of aryl methyl sites for hydroxylation is 1. The van der Waals surface area contributed by atoms with Crippen molar-refractivity contribution in [3.8, 4) is 0 Å². The summed E-state index contributed by atoms with van der Waals surface area (Å²) in [5.41, 5.74) is 2.57. The first kappa shape index (κ1) is 12.6. The van der Waals surface area contributed by atoms with Gasteiger partial charge in [0, 0.05) is 6.54 Å². The van der Waals surface area contributed by atoms with Gasteiger partial charge in [0.15, 0.2) is 0 Å². The van der Waals surface area contributed by atoms with Crippen LogP contribution in [0.5, 0.6) is 0 Å². The van der Waals surface area contributed by atoms with Gasteiger partial charge in [0.05, 0.1) is 19.3 Å². The number of rotatable bonds is 6. The molecule has 1 saturated heterocycles. The van der Waals surface area contributed by atoms with Crippen molar-refractivity contribution in [3.63, 3.8) is 0 Å². The lowest BCUT2D eigenvalue weighted by Crippen LogP contribution is -2.39. The van der Waals surface area contributed by atoms with Gasteiger partial charge in [0.25, 0.3) is 0 Å². The van der Waals surface area contributed by atoms with Crippen molar-refractivity contribution in [2.75, 3.05) is 26.3 Å². The van der Waals surface area contributed by atoms with E-state index in [1.54, 1.807) is 0 Å². The lowest BCUT2D eigenvalue weighted by atomic mass is 10.0. The standard InChI is InChI=1S/C14H21NO2/c1-3-15-8-14(17-12-9-16-10-12)13-7-5-4-6-11(13)2/h4-7,12,14-15H,3,8-10H2,1-2H3. The largest absolute Gasteiger partial charge is 0.376 e. The molecule has 0 radical (unpaired) electrons. The molecule has 0 bridgehead atoms. The second-order valence-corrected chi connectivity index (χ2v) is 4.45. The molecule has 94 valence electrons. The summed E-state index contributed by atoms with van der Waals surface area (Å²) in [6.07, 6.45) is 0.392. The van der Waals surface area contributed by atoms with Gasteiger partial charge in [-0.25, -0.2) is 0 Å². The molecule has 1 aliphatic rings. The molecule has 0 aliphatic carbocycles. The zero-order chi connectivity index (χ0) is 12.1. The molecule has 0 spiro atoms. The Balaban J connectivity index is 2.05. The molecule has 1 fully saturated rings. The van der Waals surface area contributed by atoms with E-state index in [2.05, 4.69) is 43.4 Å². The average molecular weight is 235 g/mol. The SMILES string of the molecule is CCNCC(OC1COC1)c1ccccc1C. The minimum atomic E-state index is 0.130. The van der Waals surface area contributed by atoms with Gasteiger partial charge >= 0.3 is 0 Å². The van der Waals surface area contributed by atoms with Crippen LogP contribution in [-0.2, 0) is 9.47 Å². The Labute approximate surface area is 103 Å². The van der Waals surface area contributed by atoms with E-state index in [0.717, 1.165) is 26.3 Å². The minimum absolute atomic E-state index is 0.130. The maximum atomic E-state index is 6.07. The monoisotopic (exact) mass is 235 g/mol. The van der Waals surface area contributed by atoms with Gasteiger partial charge in [-0.05, 0) is 24.6 Å². The van der Waals surface area contributed by atoms with Crippen LogP contribution in [0.2, 0.25) is 0 Å². The first-order valence-electron chi connectivity index (χ1n) is 6.30. The highest BCUT2D eigenvalue weighted by Gasteiger charge is 2.24.